The Kier molecular flexibility index (Phi) is 4.39. The molecule has 3 rings (SSSR count). The van der Waals surface area contributed by atoms with Crippen LogP contribution in [0, 0.1) is 29.1 Å². The van der Waals surface area contributed by atoms with Crippen molar-refractivity contribution in [2.45, 2.75) is 6.42 Å². The van der Waals surface area contributed by atoms with E-state index in [-0.39, 0.29) is 0 Å². The second-order valence-electron chi connectivity index (χ2n) is 5.23. The minimum atomic E-state index is -2.32. The Labute approximate surface area is 138 Å². The van der Waals surface area contributed by atoms with Crippen molar-refractivity contribution in [3.8, 4) is 5.75 Å². The van der Waals surface area contributed by atoms with Crippen molar-refractivity contribution in [2.75, 3.05) is 0 Å². The Morgan fingerprint density at radius 1 is 0.760 bits per heavy atom. The number of benzene rings is 3. The largest absolute Gasteiger partial charge is 0.420 e. The average Bonchev–Trinajstić information content (AvgIpc) is 2.62. The molecule has 3 aromatic rings. The third kappa shape index (κ3) is 3.17. The van der Waals surface area contributed by atoms with Crippen LogP contribution in [0.15, 0.2) is 42.5 Å². The first-order valence-corrected chi connectivity index (χ1v) is 7.08. The third-order valence-electron chi connectivity index (χ3n) is 3.55. The molecule has 0 heterocycles. The first kappa shape index (κ1) is 16.9. The maximum absolute atomic E-state index is 13.5. The second kappa shape index (κ2) is 6.51. The number of hydrogen-bond acceptors (Lipinski definition) is 2. The minimum Gasteiger partial charge on any atom is -0.420 e. The predicted octanol–water partition coefficient (Wildman–Crippen LogP) is 4.68. The van der Waals surface area contributed by atoms with Crippen molar-refractivity contribution in [3.63, 3.8) is 0 Å². The molecule has 2 nitrogen and oxygen atoms in total. The summed E-state index contributed by atoms with van der Waals surface area (Å²) in [6.45, 7) is 0. The van der Waals surface area contributed by atoms with Crippen molar-refractivity contribution >= 4 is 16.7 Å². The van der Waals surface area contributed by atoms with Gasteiger partial charge in [0.25, 0.3) is 0 Å². The third-order valence-corrected chi connectivity index (χ3v) is 3.55. The fraction of sp³-hybridized carbons (Fsp3) is 0.0556. The number of fused-ring (bicyclic) bond motifs is 1. The van der Waals surface area contributed by atoms with Crippen molar-refractivity contribution in [3.05, 3.63) is 77.1 Å². The van der Waals surface area contributed by atoms with Gasteiger partial charge in [-0.15, -0.1) is 0 Å². The van der Waals surface area contributed by atoms with Gasteiger partial charge in [-0.1, -0.05) is 42.5 Å². The Balaban J connectivity index is 1.85. The molecule has 0 aliphatic heterocycles. The lowest BCUT2D eigenvalue weighted by Gasteiger charge is -2.09. The molecular weight excluding hydrogens is 343 g/mol. The second-order valence-corrected chi connectivity index (χ2v) is 5.23. The Morgan fingerprint density at radius 2 is 1.32 bits per heavy atom. The molecular formula is C18H9F5O2. The van der Waals surface area contributed by atoms with E-state index >= 15 is 0 Å². The lowest BCUT2D eigenvalue weighted by atomic mass is 10.1. The van der Waals surface area contributed by atoms with Crippen LogP contribution in [0.25, 0.3) is 10.8 Å². The summed E-state index contributed by atoms with van der Waals surface area (Å²) < 4.78 is 70.6. The molecule has 0 aromatic heterocycles. The zero-order chi connectivity index (χ0) is 18.1. The lowest BCUT2D eigenvalue weighted by molar-refractivity contribution is -0.134. The number of rotatable bonds is 3. The number of halogens is 5. The van der Waals surface area contributed by atoms with Gasteiger partial charge < -0.3 is 4.74 Å². The molecule has 0 fully saturated rings. The molecule has 0 unspecified atom stereocenters. The standard InChI is InChI=1S/C18H9F5O2/c19-13-14(20)16(22)18(17(23)15(13)21)25-12(24)8-9-5-6-10-3-1-2-4-11(10)7-9/h1-7H,8H2. The number of esters is 1. The molecule has 0 atom stereocenters. The Morgan fingerprint density at radius 3 is 1.96 bits per heavy atom. The first-order chi connectivity index (χ1) is 11.9. The van der Waals surface area contributed by atoms with Gasteiger partial charge in [-0.25, -0.2) is 13.2 Å². The number of carbonyl (C=O) groups is 1. The average molecular weight is 352 g/mol. The van der Waals surface area contributed by atoms with E-state index in [1.165, 1.54) is 0 Å². The van der Waals surface area contributed by atoms with E-state index < -0.39 is 47.2 Å². The molecule has 25 heavy (non-hydrogen) atoms. The fourth-order valence-corrected chi connectivity index (χ4v) is 2.34. The molecule has 0 aliphatic carbocycles. The molecule has 0 radical (unpaired) electrons. The van der Waals surface area contributed by atoms with Crippen LogP contribution in [0.5, 0.6) is 5.75 Å². The van der Waals surface area contributed by atoms with E-state index in [0.717, 1.165) is 10.8 Å². The minimum absolute atomic E-state index is 0.398. The highest BCUT2D eigenvalue weighted by atomic mass is 19.2. The number of ether oxygens (including phenoxy) is 1. The zero-order valence-corrected chi connectivity index (χ0v) is 12.5. The zero-order valence-electron chi connectivity index (χ0n) is 12.5. The molecule has 0 saturated heterocycles. The molecule has 0 N–H and O–H groups in total. The molecule has 0 amide bonds. The summed E-state index contributed by atoms with van der Waals surface area (Å²) in [5.74, 6) is -13.8. The van der Waals surface area contributed by atoms with E-state index in [4.69, 9.17) is 0 Å². The molecule has 0 spiro atoms. The maximum Gasteiger partial charge on any atom is 0.315 e. The highest BCUT2D eigenvalue weighted by Gasteiger charge is 2.28. The van der Waals surface area contributed by atoms with Crippen molar-refractivity contribution < 1.29 is 31.5 Å². The smallest absolute Gasteiger partial charge is 0.315 e. The lowest BCUT2D eigenvalue weighted by Crippen LogP contribution is -2.15. The van der Waals surface area contributed by atoms with Gasteiger partial charge in [0.1, 0.15) is 0 Å². The van der Waals surface area contributed by atoms with E-state index in [0.29, 0.717) is 5.56 Å². The quantitative estimate of drug-likeness (QED) is 0.225. The summed E-state index contributed by atoms with van der Waals surface area (Å²) >= 11 is 0. The summed E-state index contributed by atoms with van der Waals surface area (Å²) in [5.41, 5.74) is 0.465. The van der Waals surface area contributed by atoms with Gasteiger partial charge in [-0.2, -0.15) is 8.78 Å². The van der Waals surface area contributed by atoms with Gasteiger partial charge in [0.05, 0.1) is 6.42 Å². The summed E-state index contributed by atoms with van der Waals surface area (Å²) in [6, 6.07) is 12.3. The van der Waals surface area contributed by atoms with Crippen LogP contribution in [-0.2, 0) is 11.2 Å². The van der Waals surface area contributed by atoms with E-state index in [1.54, 1.807) is 30.3 Å². The maximum atomic E-state index is 13.5. The van der Waals surface area contributed by atoms with Crippen LogP contribution in [0.3, 0.4) is 0 Å². The van der Waals surface area contributed by atoms with Crippen LogP contribution >= 0.6 is 0 Å². The molecule has 0 bridgehead atoms. The SMILES string of the molecule is O=C(Cc1ccc2ccccc2c1)Oc1c(F)c(F)c(F)c(F)c1F. The van der Waals surface area contributed by atoms with Gasteiger partial charge in [-0.3, -0.25) is 4.79 Å². The molecule has 128 valence electrons. The van der Waals surface area contributed by atoms with Crippen LogP contribution in [0.4, 0.5) is 22.0 Å². The first-order valence-electron chi connectivity index (χ1n) is 7.08. The number of carbonyl (C=O) groups excluding carboxylic acids is 1. The van der Waals surface area contributed by atoms with Gasteiger partial charge in [0, 0.05) is 0 Å². The molecule has 3 aromatic carbocycles. The van der Waals surface area contributed by atoms with Gasteiger partial charge >= 0.3 is 5.97 Å². The summed E-state index contributed by atoms with van der Waals surface area (Å²) in [6.07, 6.45) is -0.398. The van der Waals surface area contributed by atoms with E-state index in [2.05, 4.69) is 4.74 Å². The fourth-order valence-electron chi connectivity index (χ4n) is 2.34. The monoisotopic (exact) mass is 352 g/mol. The summed E-state index contributed by atoms with van der Waals surface area (Å²) in [5, 5.41) is 1.74. The molecule has 0 aliphatic rings. The van der Waals surface area contributed by atoms with Crippen molar-refractivity contribution in [1.82, 2.24) is 0 Å². The topological polar surface area (TPSA) is 26.3 Å². The van der Waals surface area contributed by atoms with E-state index in [1.807, 2.05) is 12.1 Å². The highest BCUT2D eigenvalue weighted by molar-refractivity contribution is 5.84. The van der Waals surface area contributed by atoms with Gasteiger partial charge in [-0.05, 0) is 16.3 Å². The number of hydrogen-bond donors (Lipinski definition) is 0. The van der Waals surface area contributed by atoms with Crippen LogP contribution < -0.4 is 4.74 Å². The molecule has 7 heteroatoms. The van der Waals surface area contributed by atoms with Crippen LogP contribution in [0.1, 0.15) is 5.56 Å². The van der Waals surface area contributed by atoms with Crippen molar-refractivity contribution in [2.24, 2.45) is 0 Å². The van der Waals surface area contributed by atoms with Gasteiger partial charge in [0.15, 0.2) is 0 Å². The van der Waals surface area contributed by atoms with E-state index in [9.17, 15) is 26.7 Å². The molecule has 0 saturated carbocycles. The highest BCUT2D eigenvalue weighted by Crippen LogP contribution is 2.29. The predicted molar refractivity (Wildman–Crippen MR) is 79.5 cm³/mol. The van der Waals surface area contributed by atoms with Gasteiger partial charge in [0.2, 0.25) is 34.8 Å². The Hall–Kier alpha value is -2.96. The Bertz CT molecular complexity index is 956. The normalized spacial score (nSPS) is 10.9. The van der Waals surface area contributed by atoms with Crippen LogP contribution in [0.2, 0.25) is 0 Å². The van der Waals surface area contributed by atoms with Crippen molar-refractivity contribution in [1.29, 1.82) is 0 Å². The summed E-state index contributed by atoms with van der Waals surface area (Å²) in [7, 11) is 0. The summed E-state index contributed by atoms with van der Waals surface area (Å²) in [4.78, 5) is 11.8. The van der Waals surface area contributed by atoms with Crippen LogP contribution in [-0.4, -0.2) is 5.97 Å².